The highest BCUT2D eigenvalue weighted by Gasteiger charge is 2.14. The molecule has 0 aliphatic heterocycles. The standard InChI is InChI=1S/C17H27N/c1-14-9-7-8-10-16(14)13-15(2)18-17-11-5-3-4-6-12-17/h7-10,15,17-18H,3-6,11-13H2,1-2H3. The zero-order chi connectivity index (χ0) is 12.8. The number of benzene rings is 1. The Morgan fingerprint density at radius 1 is 1.11 bits per heavy atom. The largest absolute Gasteiger partial charge is 0.311 e. The Balaban J connectivity index is 1.84. The monoisotopic (exact) mass is 245 g/mol. The maximum absolute atomic E-state index is 3.83. The van der Waals surface area contributed by atoms with Crippen molar-refractivity contribution in [1.82, 2.24) is 5.32 Å². The van der Waals surface area contributed by atoms with Crippen molar-refractivity contribution in [2.75, 3.05) is 0 Å². The van der Waals surface area contributed by atoms with Gasteiger partial charge in [-0.1, -0.05) is 49.9 Å². The molecule has 1 atom stereocenters. The van der Waals surface area contributed by atoms with Crippen molar-refractivity contribution >= 4 is 0 Å². The first-order valence-electron chi connectivity index (χ1n) is 7.56. The van der Waals surface area contributed by atoms with Crippen molar-refractivity contribution < 1.29 is 0 Å². The number of aryl methyl sites for hydroxylation is 1. The summed E-state index contributed by atoms with van der Waals surface area (Å²) in [5.41, 5.74) is 2.91. The smallest absolute Gasteiger partial charge is 0.00818 e. The number of hydrogen-bond donors (Lipinski definition) is 1. The van der Waals surface area contributed by atoms with Crippen LogP contribution in [0, 0.1) is 6.92 Å². The van der Waals surface area contributed by atoms with Crippen LogP contribution in [0.2, 0.25) is 0 Å². The third kappa shape index (κ3) is 4.13. The van der Waals surface area contributed by atoms with Gasteiger partial charge in [-0.3, -0.25) is 0 Å². The van der Waals surface area contributed by atoms with E-state index in [0.717, 1.165) is 12.5 Å². The normalized spacial score (nSPS) is 19.4. The van der Waals surface area contributed by atoms with Crippen molar-refractivity contribution in [3.63, 3.8) is 0 Å². The Morgan fingerprint density at radius 2 is 1.78 bits per heavy atom. The molecule has 1 aliphatic carbocycles. The Hall–Kier alpha value is -0.820. The number of rotatable bonds is 4. The fourth-order valence-electron chi connectivity index (χ4n) is 3.08. The highest BCUT2D eigenvalue weighted by Crippen LogP contribution is 2.18. The summed E-state index contributed by atoms with van der Waals surface area (Å²) in [6.45, 7) is 4.55. The van der Waals surface area contributed by atoms with Gasteiger partial charge < -0.3 is 5.32 Å². The van der Waals surface area contributed by atoms with Gasteiger partial charge >= 0.3 is 0 Å². The molecule has 0 spiro atoms. The molecule has 1 aromatic carbocycles. The van der Waals surface area contributed by atoms with Crippen LogP contribution in [-0.2, 0) is 6.42 Å². The van der Waals surface area contributed by atoms with E-state index in [1.807, 2.05) is 0 Å². The summed E-state index contributed by atoms with van der Waals surface area (Å²) in [7, 11) is 0. The van der Waals surface area contributed by atoms with Gasteiger partial charge in [0.25, 0.3) is 0 Å². The summed E-state index contributed by atoms with van der Waals surface area (Å²) in [6.07, 6.45) is 9.59. The molecular weight excluding hydrogens is 218 g/mol. The predicted molar refractivity (Wildman–Crippen MR) is 79.0 cm³/mol. The molecule has 1 N–H and O–H groups in total. The van der Waals surface area contributed by atoms with Gasteiger partial charge in [-0.25, -0.2) is 0 Å². The van der Waals surface area contributed by atoms with E-state index < -0.39 is 0 Å². The molecule has 0 heterocycles. The summed E-state index contributed by atoms with van der Waals surface area (Å²) >= 11 is 0. The van der Waals surface area contributed by atoms with E-state index in [1.165, 1.54) is 49.7 Å². The summed E-state index contributed by atoms with van der Waals surface area (Å²) < 4.78 is 0. The highest BCUT2D eigenvalue weighted by atomic mass is 14.9. The average Bonchev–Trinajstić information content (AvgIpc) is 2.61. The van der Waals surface area contributed by atoms with Gasteiger partial charge in [-0.15, -0.1) is 0 Å². The second-order valence-electron chi connectivity index (χ2n) is 5.89. The molecule has 1 fully saturated rings. The van der Waals surface area contributed by atoms with Crippen molar-refractivity contribution in [1.29, 1.82) is 0 Å². The molecule has 2 rings (SSSR count). The lowest BCUT2D eigenvalue weighted by molar-refractivity contribution is 0.405. The SMILES string of the molecule is Cc1ccccc1CC(C)NC1CCCCCC1. The Morgan fingerprint density at radius 3 is 2.44 bits per heavy atom. The van der Waals surface area contributed by atoms with E-state index in [4.69, 9.17) is 0 Å². The number of hydrogen-bond acceptors (Lipinski definition) is 1. The molecule has 1 aliphatic rings. The zero-order valence-corrected chi connectivity index (χ0v) is 11.9. The third-order valence-electron chi connectivity index (χ3n) is 4.16. The molecule has 0 radical (unpaired) electrons. The van der Waals surface area contributed by atoms with E-state index in [1.54, 1.807) is 0 Å². The Bertz CT molecular complexity index is 350. The van der Waals surface area contributed by atoms with Crippen molar-refractivity contribution in [3.8, 4) is 0 Å². The van der Waals surface area contributed by atoms with Crippen LogP contribution < -0.4 is 5.32 Å². The first kappa shape index (κ1) is 13.6. The maximum atomic E-state index is 3.83. The first-order valence-corrected chi connectivity index (χ1v) is 7.56. The fourth-order valence-corrected chi connectivity index (χ4v) is 3.08. The number of nitrogens with one attached hydrogen (secondary N) is 1. The molecule has 100 valence electrons. The summed E-state index contributed by atoms with van der Waals surface area (Å²) in [5.74, 6) is 0. The van der Waals surface area contributed by atoms with Crippen LogP contribution in [0.15, 0.2) is 24.3 Å². The second kappa shape index (κ2) is 6.94. The van der Waals surface area contributed by atoms with Gasteiger partial charge in [0.15, 0.2) is 0 Å². The van der Waals surface area contributed by atoms with Crippen molar-refractivity contribution in [2.45, 2.75) is 70.9 Å². The van der Waals surface area contributed by atoms with Crippen LogP contribution >= 0.6 is 0 Å². The van der Waals surface area contributed by atoms with E-state index >= 15 is 0 Å². The molecule has 1 heteroatoms. The minimum absolute atomic E-state index is 0.592. The van der Waals surface area contributed by atoms with E-state index in [0.29, 0.717) is 6.04 Å². The van der Waals surface area contributed by atoms with Crippen LogP contribution in [0.3, 0.4) is 0 Å². The molecule has 18 heavy (non-hydrogen) atoms. The minimum Gasteiger partial charge on any atom is -0.311 e. The van der Waals surface area contributed by atoms with Crippen LogP contribution in [0.5, 0.6) is 0 Å². The van der Waals surface area contributed by atoms with E-state index in [2.05, 4.69) is 43.4 Å². The maximum Gasteiger partial charge on any atom is 0.00818 e. The highest BCUT2D eigenvalue weighted by molar-refractivity contribution is 5.26. The van der Waals surface area contributed by atoms with Crippen molar-refractivity contribution in [3.05, 3.63) is 35.4 Å². The van der Waals surface area contributed by atoms with Crippen LogP contribution in [-0.4, -0.2) is 12.1 Å². The van der Waals surface area contributed by atoms with Crippen LogP contribution in [0.25, 0.3) is 0 Å². The topological polar surface area (TPSA) is 12.0 Å². The molecule has 0 amide bonds. The van der Waals surface area contributed by atoms with Gasteiger partial charge in [0.05, 0.1) is 0 Å². The zero-order valence-electron chi connectivity index (χ0n) is 11.9. The summed E-state index contributed by atoms with van der Waals surface area (Å²) in [5, 5.41) is 3.83. The summed E-state index contributed by atoms with van der Waals surface area (Å²) in [6, 6.07) is 10.1. The Labute approximate surface area is 112 Å². The quantitative estimate of drug-likeness (QED) is 0.782. The van der Waals surface area contributed by atoms with E-state index in [-0.39, 0.29) is 0 Å². The van der Waals surface area contributed by atoms with Gasteiger partial charge in [0, 0.05) is 12.1 Å². The summed E-state index contributed by atoms with van der Waals surface area (Å²) in [4.78, 5) is 0. The fraction of sp³-hybridized carbons (Fsp3) is 0.647. The predicted octanol–water partition coefficient (Wildman–Crippen LogP) is 4.24. The Kier molecular flexibility index (Phi) is 5.25. The lowest BCUT2D eigenvalue weighted by Gasteiger charge is -2.22. The van der Waals surface area contributed by atoms with Gasteiger partial charge in [0.2, 0.25) is 0 Å². The molecule has 0 saturated heterocycles. The molecule has 0 aromatic heterocycles. The molecule has 1 nitrogen and oxygen atoms in total. The molecule has 1 unspecified atom stereocenters. The molecule has 0 bridgehead atoms. The third-order valence-corrected chi connectivity index (χ3v) is 4.16. The van der Waals surface area contributed by atoms with Gasteiger partial charge in [-0.05, 0) is 44.2 Å². The second-order valence-corrected chi connectivity index (χ2v) is 5.89. The lowest BCUT2D eigenvalue weighted by atomic mass is 10.0. The minimum atomic E-state index is 0.592. The van der Waals surface area contributed by atoms with E-state index in [9.17, 15) is 0 Å². The van der Waals surface area contributed by atoms with Crippen molar-refractivity contribution in [2.24, 2.45) is 0 Å². The van der Waals surface area contributed by atoms with Gasteiger partial charge in [0.1, 0.15) is 0 Å². The molecule has 1 saturated carbocycles. The van der Waals surface area contributed by atoms with Crippen LogP contribution in [0.1, 0.15) is 56.6 Å². The van der Waals surface area contributed by atoms with Crippen LogP contribution in [0.4, 0.5) is 0 Å². The van der Waals surface area contributed by atoms with Gasteiger partial charge in [-0.2, -0.15) is 0 Å². The molecular formula is C17H27N. The lowest BCUT2D eigenvalue weighted by Crippen LogP contribution is -2.37. The molecule has 1 aromatic rings. The average molecular weight is 245 g/mol. The first-order chi connectivity index (χ1) is 8.75.